The van der Waals surface area contributed by atoms with Crippen molar-refractivity contribution in [3.8, 4) is 0 Å². The van der Waals surface area contributed by atoms with Gasteiger partial charge in [-0.2, -0.15) is 5.10 Å². The number of hydrogen-bond acceptors (Lipinski definition) is 4. The van der Waals surface area contributed by atoms with Crippen LogP contribution in [0.2, 0.25) is 0 Å². The van der Waals surface area contributed by atoms with Crippen molar-refractivity contribution in [1.29, 1.82) is 0 Å². The molecule has 26 heavy (non-hydrogen) atoms. The molecule has 1 N–H and O–H groups in total. The number of amides is 2. The molecule has 0 radical (unpaired) electrons. The van der Waals surface area contributed by atoms with Gasteiger partial charge in [-0.15, -0.1) is 0 Å². The van der Waals surface area contributed by atoms with Gasteiger partial charge in [-0.05, 0) is 25.7 Å². The highest BCUT2D eigenvalue weighted by Gasteiger charge is 2.55. The number of rotatable bonds is 6. The summed E-state index contributed by atoms with van der Waals surface area (Å²) in [5.74, 6) is 1.93. The lowest BCUT2D eigenvalue weighted by Gasteiger charge is -2.57. The third-order valence-electron chi connectivity index (χ3n) is 6.68. The average Bonchev–Trinajstić information content (AvgIpc) is 3.04. The summed E-state index contributed by atoms with van der Waals surface area (Å²) < 4.78 is 7.63. The van der Waals surface area contributed by atoms with E-state index in [1.54, 1.807) is 7.11 Å². The van der Waals surface area contributed by atoms with E-state index in [2.05, 4.69) is 36.2 Å². The van der Waals surface area contributed by atoms with Crippen LogP contribution in [-0.2, 0) is 24.1 Å². The summed E-state index contributed by atoms with van der Waals surface area (Å²) in [6.45, 7) is 7.17. The van der Waals surface area contributed by atoms with E-state index in [-0.39, 0.29) is 29.6 Å². The molecule has 0 spiro atoms. The molecule has 1 aromatic heterocycles. The molecule has 3 atom stereocenters. The summed E-state index contributed by atoms with van der Waals surface area (Å²) in [5.41, 5.74) is 0.0719. The SMILES string of the molecule is CCc1nc2n(n1)CC(NC(=O)N(C)C1CC(OC)C1(CC)CC)CC2. The fourth-order valence-electron chi connectivity index (χ4n) is 4.82. The molecule has 0 saturated heterocycles. The molecule has 146 valence electrons. The summed E-state index contributed by atoms with van der Waals surface area (Å²) >= 11 is 0. The lowest BCUT2D eigenvalue weighted by atomic mass is 9.58. The third kappa shape index (κ3) is 3.10. The van der Waals surface area contributed by atoms with Crippen LogP contribution in [0.5, 0.6) is 0 Å². The number of fused-ring (bicyclic) bond motifs is 1. The first kappa shape index (κ1) is 19.1. The number of ether oxygens (including phenoxy) is 1. The van der Waals surface area contributed by atoms with Crippen LogP contribution >= 0.6 is 0 Å². The van der Waals surface area contributed by atoms with Crippen molar-refractivity contribution in [2.75, 3.05) is 14.2 Å². The van der Waals surface area contributed by atoms with Crippen molar-refractivity contribution in [2.45, 2.75) is 84.0 Å². The molecule has 3 unspecified atom stereocenters. The maximum atomic E-state index is 12.9. The zero-order valence-corrected chi connectivity index (χ0v) is 16.8. The minimum absolute atomic E-state index is 0.0140. The number of urea groups is 1. The van der Waals surface area contributed by atoms with Gasteiger partial charge >= 0.3 is 6.03 Å². The molecule has 1 aliphatic heterocycles. The van der Waals surface area contributed by atoms with Crippen molar-refractivity contribution in [3.63, 3.8) is 0 Å². The molecule has 2 aliphatic rings. The number of carbonyl (C=O) groups excluding carboxylic acids is 1. The number of aryl methyl sites for hydroxylation is 2. The molecule has 1 aliphatic carbocycles. The van der Waals surface area contributed by atoms with E-state index >= 15 is 0 Å². The molecular weight excluding hydrogens is 330 g/mol. The van der Waals surface area contributed by atoms with Crippen LogP contribution in [-0.4, -0.2) is 58.0 Å². The van der Waals surface area contributed by atoms with Gasteiger partial charge in [0.2, 0.25) is 0 Å². The monoisotopic (exact) mass is 363 g/mol. The standard InChI is InChI=1S/C19H33N5O2/c1-6-16-21-17-10-9-13(12-24(17)22-16)20-18(25)23(4)14-11-15(26-5)19(14,7-2)8-3/h13-15H,6-12H2,1-5H3,(H,20,25). The summed E-state index contributed by atoms with van der Waals surface area (Å²) in [5, 5.41) is 7.74. The van der Waals surface area contributed by atoms with E-state index in [0.717, 1.165) is 50.2 Å². The van der Waals surface area contributed by atoms with Crippen molar-refractivity contribution in [1.82, 2.24) is 25.0 Å². The van der Waals surface area contributed by atoms with E-state index in [9.17, 15) is 4.79 Å². The van der Waals surface area contributed by atoms with E-state index < -0.39 is 0 Å². The summed E-state index contributed by atoms with van der Waals surface area (Å²) in [7, 11) is 3.70. The molecule has 3 rings (SSSR count). The molecule has 2 heterocycles. The molecule has 2 amide bonds. The highest BCUT2D eigenvalue weighted by atomic mass is 16.5. The van der Waals surface area contributed by atoms with Gasteiger partial charge in [0.15, 0.2) is 5.82 Å². The van der Waals surface area contributed by atoms with Crippen LogP contribution in [0.25, 0.3) is 0 Å². The second-order valence-corrected chi connectivity index (χ2v) is 7.69. The summed E-state index contributed by atoms with van der Waals surface area (Å²) in [6.07, 6.45) is 5.84. The number of methoxy groups -OCH3 is 1. The van der Waals surface area contributed by atoms with Crippen LogP contribution in [0, 0.1) is 5.41 Å². The van der Waals surface area contributed by atoms with E-state index in [4.69, 9.17) is 4.74 Å². The van der Waals surface area contributed by atoms with Crippen molar-refractivity contribution >= 4 is 6.03 Å². The van der Waals surface area contributed by atoms with Crippen LogP contribution in [0.3, 0.4) is 0 Å². The van der Waals surface area contributed by atoms with Gasteiger partial charge in [-0.1, -0.05) is 20.8 Å². The predicted octanol–water partition coefficient (Wildman–Crippen LogP) is 2.39. The maximum Gasteiger partial charge on any atom is 0.317 e. The Labute approximate surface area is 156 Å². The second-order valence-electron chi connectivity index (χ2n) is 7.69. The van der Waals surface area contributed by atoms with Crippen LogP contribution in [0.1, 0.15) is 58.1 Å². The fraction of sp³-hybridized carbons (Fsp3) is 0.842. The molecule has 0 aromatic carbocycles. The Hall–Kier alpha value is -1.63. The van der Waals surface area contributed by atoms with Crippen LogP contribution in [0.15, 0.2) is 0 Å². The quantitative estimate of drug-likeness (QED) is 0.842. The first-order chi connectivity index (χ1) is 12.5. The predicted molar refractivity (Wildman–Crippen MR) is 100 cm³/mol. The van der Waals surface area contributed by atoms with E-state index in [1.165, 1.54) is 0 Å². The van der Waals surface area contributed by atoms with Gasteiger partial charge < -0.3 is 15.0 Å². The average molecular weight is 364 g/mol. The lowest BCUT2D eigenvalue weighted by molar-refractivity contribution is -0.146. The molecule has 1 fully saturated rings. The minimum atomic E-state index is 0.0140. The van der Waals surface area contributed by atoms with Crippen LogP contribution < -0.4 is 5.32 Å². The molecule has 1 saturated carbocycles. The molecule has 0 bridgehead atoms. The zero-order chi connectivity index (χ0) is 18.9. The van der Waals surface area contributed by atoms with Gasteiger partial charge in [0, 0.05) is 38.5 Å². The molecule has 7 nitrogen and oxygen atoms in total. The van der Waals surface area contributed by atoms with Gasteiger partial charge in [-0.25, -0.2) is 14.5 Å². The zero-order valence-electron chi connectivity index (χ0n) is 16.8. The van der Waals surface area contributed by atoms with Gasteiger partial charge in [0.1, 0.15) is 5.82 Å². The Morgan fingerprint density at radius 2 is 2.12 bits per heavy atom. The minimum Gasteiger partial charge on any atom is -0.381 e. The number of nitrogens with one attached hydrogen (secondary N) is 1. The normalized spacial score (nSPS) is 26.7. The van der Waals surface area contributed by atoms with Crippen LogP contribution in [0.4, 0.5) is 4.79 Å². The Bertz CT molecular complexity index is 640. The Balaban J connectivity index is 1.61. The van der Waals surface area contributed by atoms with Gasteiger partial charge in [0.05, 0.1) is 18.7 Å². The first-order valence-electron chi connectivity index (χ1n) is 9.97. The van der Waals surface area contributed by atoms with Gasteiger partial charge in [0.25, 0.3) is 0 Å². The first-order valence-corrected chi connectivity index (χ1v) is 9.97. The van der Waals surface area contributed by atoms with E-state index in [0.29, 0.717) is 6.54 Å². The Morgan fingerprint density at radius 3 is 2.73 bits per heavy atom. The van der Waals surface area contributed by atoms with Crippen molar-refractivity contribution in [2.24, 2.45) is 5.41 Å². The van der Waals surface area contributed by atoms with E-state index in [1.807, 2.05) is 16.6 Å². The largest absolute Gasteiger partial charge is 0.381 e. The summed E-state index contributed by atoms with van der Waals surface area (Å²) in [4.78, 5) is 19.3. The third-order valence-corrected chi connectivity index (χ3v) is 6.68. The maximum absolute atomic E-state index is 12.9. The topological polar surface area (TPSA) is 72.3 Å². The molecule has 1 aromatic rings. The summed E-state index contributed by atoms with van der Waals surface area (Å²) in [6, 6.07) is 0.361. The number of carbonyl (C=O) groups is 1. The highest BCUT2D eigenvalue weighted by molar-refractivity contribution is 5.75. The number of aromatic nitrogens is 3. The smallest absolute Gasteiger partial charge is 0.317 e. The van der Waals surface area contributed by atoms with Gasteiger partial charge in [-0.3, -0.25) is 0 Å². The second kappa shape index (κ2) is 7.55. The Kier molecular flexibility index (Phi) is 5.55. The highest BCUT2D eigenvalue weighted by Crippen LogP contribution is 2.50. The molecule has 7 heteroatoms. The molecular formula is C19H33N5O2. The Morgan fingerprint density at radius 1 is 1.38 bits per heavy atom. The number of nitrogens with zero attached hydrogens (tertiary/aromatic N) is 4. The van der Waals surface area contributed by atoms with Crippen molar-refractivity contribution < 1.29 is 9.53 Å². The number of hydrogen-bond donors (Lipinski definition) is 1. The van der Waals surface area contributed by atoms with Crippen molar-refractivity contribution in [3.05, 3.63) is 11.6 Å². The lowest BCUT2D eigenvalue weighted by Crippen LogP contribution is -2.66. The fourth-order valence-corrected chi connectivity index (χ4v) is 4.82.